The zero-order valence-corrected chi connectivity index (χ0v) is 12.4. The van der Waals surface area contributed by atoms with Crippen LogP contribution in [0.4, 0.5) is 0 Å². The summed E-state index contributed by atoms with van der Waals surface area (Å²) in [5, 5.41) is 0. The maximum absolute atomic E-state index is 11.4. The molecule has 3 heteroatoms. The van der Waals surface area contributed by atoms with Gasteiger partial charge >= 0.3 is 5.97 Å². The molecule has 3 nitrogen and oxygen atoms in total. The van der Waals surface area contributed by atoms with Gasteiger partial charge in [0.15, 0.2) is 0 Å². The van der Waals surface area contributed by atoms with E-state index < -0.39 is 0 Å². The molecule has 0 aliphatic carbocycles. The fourth-order valence-electron chi connectivity index (χ4n) is 2.22. The zero-order chi connectivity index (χ0) is 14.3. The summed E-state index contributed by atoms with van der Waals surface area (Å²) in [4.78, 5) is 11.4. The molecule has 0 aliphatic rings. The average molecular weight is 264 g/mol. The Bertz CT molecular complexity index is 410. The van der Waals surface area contributed by atoms with E-state index in [9.17, 15) is 4.79 Å². The first-order valence-electron chi connectivity index (χ1n) is 6.91. The number of ether oxygens (including phenoxy) is 2. The first-order chi connectivity index (χ1) is 9.10. The lowest BCUT2D eigenvalue weighted by Crippen LogP contribution is -2.06. The van der Waals surface area contributed by atoms with E-state index in [1.165, 1.54) is 11.1 Å². The van der Waals surface area contributed by atoms with Crippen molar-refractivity contribution in [3.8, 4) is 5.75 Å². The molecule has 0 saturated heterocycles. The monoisotopic (exact) mass is 264 g/mol. The van der Waals surface area contributed by atoms with Crippen molar-refractivity contribution in [1.82, 2.24) is 0 Å². The minimum atomic E-state index is -0.122. The molecule has 1 aromatic carbocycles. The molecule has 0 aromatic heterocycles. The number of rotatable bonds is 7. The Kier molecular flexibility index (Phi) is 6.40. The van der Waals surface area contributed by atoms with E-state index in [-0.39, 0.29) is 5.97 Å². The van der Waals surface area contributed by atoms with Crippen molar-refractivity contribution in [2.75, 3.05) is 13.7 Å². The van der Waals surface area contributed by atoms with Crippen LogP contribution in [-0.4, -0.2) is 19.7 Å². The molecule has 0 radical (unpaired) electrons. The molecule has 0 fully saturated rings. The van der Waals surface area contributed by atoms with E-state index in [1.807, 2.05) is 19.1 Å². The standard InChI is InChI=1S/C16H24O3/c1-5-19-16(17)11-7-9-14-13(12(2)3)8-6-10-15(14)18-4/h6,8,10,12H,5,7,9,11H2,1-4H3. The summed E-state index contributed by atoms with van der Waals surface area (Å²) in [5.41, 5.74) is 2.51. The van der Waals surface area contributed by atoms with Crippen LogP contribution >= 0.6 is 0 Å². The maximum Gasteiger partial charge on any atom is 0.305 e. The first-order valence-corrected chi connectivity index (χ1v) is 6.91. The molecule has 0 unspecified atom stereocenters. The summed E-state index contributed by atoms with van der Waals surface area (Å²) in [7, 11) is 1.69. The largest absolute Gasteiger partial charge is 0.496 e. The third-order valence-electron chi connectivity index (χ3n) is 3.12. The van der Waals surface area contributed by atoms with Crippen LogP contribution in [-0.2, 0) is 16.0 Å². The third-order valence-corrected chi connectivity index (χ3v) is 3.12. The van der Waals surface area contributed by atoms with Gasteiger partial charge in [0.2, 0.25) is 0 Å². The van der Waals surface area contributed by atoms with Crippen LogP contribution in [0.5, 0.6) is 5.75 Å². The molecule has 1 rings (SSSR count). The zero-order valence-electron chi connectivity index (χ0n) is 12.4. The highest BCUT2D eigenvalue weighted by Gasteiger charge is 2.12. The Balaban J connectivity index is 2.73. The molecule has 0 aliphatic heterocycles. The van der Waals surface area contributed by atoms with E-state index in [1.54, 1.807) is 7.11 Å². The first kappa shape index (κ1) is 15.5. The van der Waals surface area contributed by atoms with Gasteiger partial charge in [-0.25, -0.2) is 0 Å². The van der Waals surface area contributed by atoms with Crippen molar-refractivity contribution >= 4 is 5.97 Å². The molecule has 0 N–H and O–H groups in total. The third kappa shape index (κ3) is 4.58. The van der Waals surface area contributed by atoms with E-state index in [0.717, 1.165) is 18.6 Å². The molecular formula is C16H24O3. The van der Waals surface area contributed by atoms with Gasteiger partial charge in [0.25, 0.3) is 0 Å². The van der Waals surface area contributed by atoms with E-state index in [4.69, 9.17) is 9.47 Å². The van der Waals surface area contributed by atoms with Gasteiger partial charge in [-0.05, 0) is 42.9 Å². The lowest BCUT2D eigenvalue weighted by atomic mass is 9.93. The highest BCUT2D eigenvalue weighted by Crippen LogP contribution is 2.29. The van der Waals surface area contributed by atoms with Gasteiger partial charge in [0.05, 0.1) is 13.7 Å². The molecule has 1 aromatic rings. The van der Waals surface area contributed by atoms with Crippen LogP contribution in [0.15, 0.2) is 18.2 Å². The van der Waals surface area contributed by atoms with Crippen molar-refractivity contribution in [3.63, 3.8) is 0 Å². The van der Waals surface area contributed by atoms with Crippen molar-refractivity contribution in [1.29, 1.82) is 0 Å². The van der Waals surface area contributed by atoms with E-state index in [2.05, 4.69) is 19.9 Å². The normalized spacial score (nSPS) is 10.6. The lowest BCUT2D eigenvalue weighted by molar-refractivity contribution is -0.143. The second kappa shape index (κ2) is 7.82. The number of methoxy groups -OCH3 is 1. The molecule has 0 saturated carbocycles. The van der Waals surface area contributed by atoms with Gasteiger partial charge in [-0.1, -0.05) is 26.0 Å². The van der Waals surface area contributed by atoms with Crippen LogP contribution in [0.25, 0.3) is 0 Å². The number of hydrogen-bond donors (Lipinski definition) is 0. The molecule has 0 bridgehead atoms. The fraction of sp³-hybridized carbons (Fsp3) is 0.562. The smallest absolute Gasteiger partial charge is 0.305 e. The fourth-order valence-corrected chi connectivity index (χ4v) is 2.22. The Morgan fingerprint density at radius 2 is 2.05 bits per heavy atom. The number of esters is 1. The predicted molar refractivity (Wildman–Crippen MR) is 76.7 cm³/mol. The predicted octanol–water partition coefficient (Wildman–Crippen LogP) is 3.70. The molecule has 0 amide bonds. The number of hydrogen-bond acceptors (Lipinski definition) is 3. The molecule has 106 valence electrons. The number of carbonyl (C=O) groups excluding carboxylic acids is 1. The highest BCUT2D eigenvalue weighted by atomic mass is 16.5. The van der Waals surface area contributed by atoms with Crippen LogP contribution < -0.4 is 4.74 Å². The minimum Gasteiger partial charge on any atom is -0.496 e. The summed E-state index contributed by atoms with van der Waals surface area (Å²) in [5.74, 6) is 1.24. The van der Waals surface area contributed by atoms with Crippen LogP contribution in [0, 0.1) is 0 Å². The van der Waals surface area contributed by atoms with Crippen LogP contribution in [0.2, 0.25) is 0 Å². The van der Waals surface area contributed by atoms with Crippen LogP contribution in [0.1, 0.15) is 50.7 Å². The Labute approximate surface area is 115 Å². The van der Waals surface area contributed by atoms with Gasteiger partial charge in [0, 0.05) is 6.42 Å². The van der Waals surface area contributed by atoms with Gasteiger partial charge in [-0.2, -0.15) is 0 Å². The van der Waals surface area contributed by atoms with Crippen molar-refractivity contribution in [2.45, 2.75) is 46.0 Å². The van der Waals surface area contributed by atoms with Crippen molar-refractivity contribution in [3.05, 3.63) is 29.3 Å². The SMILES string of the molecule is CCOC(=O)CCCc1c(OC)cccc1C(C)C. The number of carbonyl (C=O) groups is 1. The molecule has 0 atom stereocenters. The molecular weight excluding hydrogens is 240 g/mol. The Morgan fingerprint density at radius 1 is 1.32 bits per heavy atom. The van der Waals surface area contributed by atoms with E-state index >= 15 is 0 Å². The van der Waals surface area contributed by atoms with E-state index in [0.29, 0.717) is 18.9 Å². The number of benzene rings is 1. The summed E-state index contributed by atoms with van der Waals surface area (Å²) >= 11 is 0. The highest BCUT2D eigenvalue weighted by molar-refractivity contribution is 5.69. The molecule has 19 heavy (non-hydrogen) atoms. The second-order valence-corrected chi connectivity index (χ2v) is 4.84. The average Bonchev–Trinajstić information content (AvgIpc) is 2.38. The van der Waals surface area contributed by atoms with Crippen molar-refractivity contribution < 1.29 is 14.3 Å². The summed E-state index contributed by atoms with van der Waals surface area (Å²) in [6.07, 6.45) is 2.10. The summed E-state index contributed by atoms with van der Waals surface area (Å²) in [6, 6.07) is 6.13. The van der Waals surface area contributed by atoms with Crippen LogP contribution in [0.3, 0.4) is 0 Å². The Hall–Kier alpha value is -1.51. The maximum atomic E-state index is 11.4. The topological polar surface area (TPSA) is 35.5 Å². The van der Waals surface area contributed by atoms with Crippen molar-refractivity contribution in [2.24, 2.45) is 0 Å². The van der Waals surface area contributed by atoms with Gasteiger partial charge < -0.3 is 9.47 Å². The minimum absolute atomic E-state index is 0.122. The molecule has 0 heterocycles. The molecule has 0 spiro atoms. The van der Waals surface area contributed by atoms with Gasteiger partial charge in [0.1, 0.15) is 5.75 Å². The lowest BCUT2D eigenvalue weighted by Gasteiger charge is -2.16. The quantitative estimate of drug-likeness (QED) is 0.704. The summed E-state index contributed by atoms with van der Waals surface area (Å²) < 4.78 is 10.4. The Morgan fingerprint density at radius 3 is 2.63 bits per heavy atom. The van der Waals surface area contributed by atoms with Gasteiger partial charge in [-0.3, -0.25) is 4.79 Å². The van der Waals surface area contributed by atoms with Gasteiger partial charge in [-0.15, -0.1) is 0 Å². The second-order valence-electron chi connectivity index (χ2n) is 4.84. The summed E-state index contributed by atoms with van der Waals surface area (Å²) in [6.45, 7) is 6.62.